The molecule has 7 heteroatoms. The molecule has 3 aromatic rings. The molecule has 1 aliphatic rings. The van der Waals surface area contributed by atoms with Crippen LogP contribution >= 0.6 is 0 Å². The number of H-pyrrole nitrogens is 1. The maximum Gasteiger partial charge on any atom is 0.161 e. The van der Waals surface area contributed by atoms with Crippen molar-refractivity contribution in [3.63, 3.8) is 0 Å². The summed E-state index contributed by atoms with van der Waals surface area (Å²) in [5, 5.41) is 7.02. The number of hydrogen-bond acceptors (Lipinski definition) is 5. The largest absolute Gasteiger partial charge is 0.497 e. The van der Waals surface area contributed by atoms with E-state index < -0.39 is 0 Å². The Morgan fingerprint density at radius 3 is 2.86 bits per heavy atom. The fourth-order valence-corrected chi connectivity index (χ4v) is 3.35. The summed E-state index contributed by atoms with van der Waals surface area (Å²) in [6.07, 6.45) is 1.65. The molecule has 1 N–H and O–H groups in total. The fourth-order valence-electron chi connectivity index (χ4n) is 3.35. The second kappa shape index (κ2) is 7.90. The molecule has 4 rings (SSSR count). The van der Waals surface area contributed by atoms with Gasteiger partial charge in [0, 0.05) is 30.3 Å². The number of ether oxygens (including phenoxy) is 3. The molecule has 1 atom stereocenters. The molecule has 6 nitrogen and oxygen atoms in total. The van der Waals surface area contributed by atoms with Crippen molar-refractivity contribution < 1.29 is 18.6 Å². The van der Waals surface area contributed by atoms with Gasteiger partial charge in [0.1, 0.15) is 24.3 Å². The van der Waals surface area contributed by atoms with Gasteiger partial charge in [-0.25, -0.2) is 4.39 Å². The van der Waals surface area contributed by atoms with E-state index in [4.69, 9.17) is 14.2 Å². The second-order valence-electron chi connectivity index (χ2n) is 6.81. The van der Waals surface area contributed by atoms with E-state index in [1.54, 1.807) is 18.3 Å². The summed E-state index contributed by atoms with van der Waals surface area (Å²) in [4.78, 5) is 2.11. The number of methoxy groups -OCH3 is 1. The number of likely N-dealkylation sites (N-methyl/N-ethyl adjacent to an activating group) is 1. The van der Waals surface area contributed by atoms with Gasteiger partial charge >= 0.3 is 0 Å². The zero-order valence-corrected chi connectivity index (χ0v) is 15.8. The van der Waals surface area contributed by atoms with Crippen LogP contribution in [0.4, 0.5) is 4.39 Å². The van der Waals surface area contributed by atoms with Crippen LogP contribution in [0, 0.1) is 5.82 Å². The number of hydrogen-bond donors (Lipinski definition) is 1. The van der Waals surface area contributed by atoms with Crippen LogP contribution in [0.2, 0.25) is 0 Å². The first-order valence-electron chi connectivity index (χ1n) is 9.07. The minimum absolute atomic E-state index is 0.0760. The number of aromatic amines is 1. The molecule has 2 heterocycles. The Hall–Kier alpha value is -3.06. The minimum Gasteiger partial charge on any atom is -0.497 e. The summed E-state index contributed by atoms with van der Waals surface area (Å²) in [6.45, 7) is 1.76. The smallest absolute Gasteiger partial charge is 0.161 e. The van der Waals surface area contributed by atoms with E-state index in [1.807, 2.05) is 31.3 Å². The molecule has 0 fully saturated rings. The topological polar surface area (TPSA) is 59.6 Å². The van der Waals surface area contributed by atoms with Crippen LogP contribution in [0.3, 0.4) is 0 Å². The van der Waals surface area contributed by atoms with Gasteiger partial charge < -0.3 is 14.2 Å². The van der Waals surface area contributed by atoms with Crippen molar-refractivity contribution in [1.82, 2.24) is 15.1 Å². The molecule has 0 unspecified atom stereocenters. The number of para-hydroxylation sites is 2. The molecule has 146 valence electrons. The molecule has 0 spiro atoms. The average molecular weight is 383 g/mol. The van der Waals surface area contributed by atoms with Crippen LogP contribution in [0.5, 0.6) is 17.2 Å². The molecule has 28 heavy (non-hydrogen) atoms. The number of aromatic nitrogens is 2. The van der Waals surface area contributed by atoms with Crippen molar-refractivity contribution >= 4 is 0 Å². The van der Waals surface area contributed by atoms with E-state index in [1.165, 1.54) is 13.2 Å². The number of rotatable bonds is 6. The first kappa shape index (κ1) is 18.3. The van der Waals surface area contributed by atoms with Crippen molar-refractivity contribution in [2.24, 2.45) is 0 Å². The van der Waals surface area contributed by atoms with E-state index in [0.29, 0.717) is 36.7 Å². The Kier molecular flexibility index (Phi) is 5.16. The molecule has 0 radical (unpaired) electrons. The second-order valence-corrected chi connectivity index (χ2v) is 6.81. The van der Waals surface area contributed by atoms with Crippen LogP contribution in [-0.4, -0.2) is 48.5 Å². The molecule has 0 bridgehead atoms. The monoisotopic (exact) mass is 383 g/mol. The molecule has 1 aromatic heterocycles. The highest BCUT2D eigenvalue weighted by Crippen LogP contribution is 2.31. The molecule has 2 aromatic carbocycles. The van der Waals surface area contributed by atoms with E-state index in [0.717, 1.165) is 17.1 Å². The number of halogens is 1. The average Bonchev–Trinajstić information content (AvgIpc) is 3.15. The molecular weight excluding hydrogens is 361 g/mol. The predicted octanol–water partition coefficient (Wildman–Crippen LogP) is 3.50. The van der Waals surface area contributed by atoms with Crippen molar-refractivity contribution in [3.05, 3.63) is 60.0 Å². The van der Waals surface area contributed by atoms with Crippen molar-refractivity contribution in [1.29, 1.82) is 0 Å². The van der Waals surface area contributed by atoms with Gasteiger partial charge in [-0.3, -0.25) is 10.00 Å². The quantitative estimate of drug-likeness (QED) is 0.706. The number of nitrogens with one attached hydrogen (secondary N) is 1. The Labute approximate surface area is 162 Å². The lowest BCUT2D eigenvalue weighted by molar-refractivity contribution is 0.0638. The highest BCUT2D eigenvalue weighted by atomic mass is 19.1. The Balaban J connectivity index is 1.44. The van der Waals surface area contributed by atoms with E-state index in [-0.39, 0.29) is 11.9 Å². The van der Waals surface area contributed by atoms with Crippen molar-refractivity contribution in [3.8, 4) is 28.5 Å². The summed E-state index contributed by atoms with van der Waals surface area (Å²) < 4.78 is 31.3. The molecule has 1 aliphatic heterocycles. The molecule has 0 aliphatic carbocycles. The molecule has 0 amide bonds. The van der Waals surface area contributed by atoms with Gasteiger partial charge in [0.2, 0.25) is 0 Å². The Morgan fingerprint density at radius 1 is 1.25 bits per heavy atom. The summed E-state index contributed by atoms with van der Waals surface area (Å²) in [5.41, 5.74) is 2.04. The van der Waals surface area contributed by atoms with E-state index in [9.17, 15) is 4.39 Å². The lowest BCUT2D eigenvalue weighted by Crippen LogP contribution is -2.39. The van der Waals surface area contributed by atoms with Gasteiger partial charge in [-0.05, 0) is 31.3 Å². The van der Waals surface area contributed by atoms with Crippen LogP contribution in [0.1, 0.15) is 5.56 Å². The zero-order valence-electron chi connectivity index (χ0n) is 15.8. The van der Waals surface area contributed by atoms with Gasteiger partial charge in [-0.1, -0.05) is 12.1 Å². The lowest BCUT2D eigenvalue weighted by atomic mass is 10.1. The lowest BCUT2D eigenvalue weighted by Gasteiger charge is -2.29. The van der Waals surface area contributed by atoms with Crippen molar-refractivity contribution in [2.45, 2.75) is 12.6 Å². The normalized spacial score (nSPS) is 15.6. The van der Waals surface area contributed by atoms with Crippen LogP contribution in [0.15, 0.2) is 48.7 Å². The highest BCUT2D eigenvalue weighted by molar-refractivity contribution is 5.64. The van der Waals surface area contributed by atoms with Gasteiger partial charge in [-0.15, -0.1) is 0 Å². The third-order valence-electron chi connectivity index (χ3n) is 4.69. The molecule has 0 saturated heterocycles. The third-order valence-corrected chi connectivity index (χ3v) is 4.69. The Bertz CT molecular complexity index is 960. The van der Waals surface area contributed by atoms with Gasteiger partial charge in [0.25, 0.3) is 0 Å². The number of benzene rings is 2. The molecule has 0 saturated carbocycles. The first-order valence-corrected chi connectivity index (χ1v) is 9.07. The van der Waals surface area contributed by atoms with Gasteiger partial charge in [-0.2, -0.15) is 5.10 Å². The maximum atomic E-state index is 14.5. The first-order chi connectivity index (χ1) is 13.6. The van der Waals surface area contributed by atoms with Crippen LogP contribution in [-0.2, 0) is 6.54 Å². The summed E-state index contributed by atoms with van der Waals surface area (Å²) in [6, 6.07) is 12.5. The SMILES string of the molecule is COc1ccc(-c2[nH]ncc2CN(C)C[C@@H]2COc3ccccc3O2)c(F)c1. The van der Waals surface area contributed by atoms with Gasteiger partial charge in [0.15, 0.2) is 11.5 Å². The minimum atomic E-state index is -0.354. The predicted molar refractivity (Wildman–Crippen MR) is 103 cm³/mol. The fraction of sp³-hybridized carbons (Fsp3) is 0.286. The van der Waals surface area contributed by atoms with Crippen LogP contribution < -0.4 is 14.2 Å². The Morgan fingerprint density at radius 2 is 2.07 bits per heavy atom. The van der Waals surface area contributed by atoms with E-state index in [2.05, 4.69) is 15.1 Å². The molecular formula is C21H22FN3O3. The number of nitrogens with zero attached hydrogens (tertiary/aromatic N) is 2. The summed E-state index contributed by atoms with van der Waals surface area (Å²) in [7, 11) is 3.51. The zero-order chi connectivity index (χ0) is 19.5. The maximum absolute atomic E-state index is 14.5. The van der Waals surface area contributed by atoms with Crippen LogP contribution in [0.25, 0.3) is 11.3 Å². The number of fused-ring (bicyclic) bond motifs is 1. The van der Waals surface area contributed by atoms with E-state index >= 15 is 0 Å². The summed E-state index contributed by atoms with van der Waals surface area (Å²) >= 11 is 0. The van der Waals surface area contributed by atoms with Gasteiger partial charge in [0.05, 0.1) is 19.0 Å². The third kappa shape index (κ3) is 3.80. The van der Waals surface area contributed by atoms with Crippen molar-refractivity contribution in [2.75, 3.05) is 27.3 Å². The highest BCUT2D eigenvalue weighted by Gasteiger charge is 2.23. The summed E-state index contributed by atoms with van der Waals surface area (Å²) in [5.74, 6) is 1.66. The standard InChI is InChI=1S/C21H22FN3O3/c1-25(12-16-13-27-19-5-3-4-6-20(19)28-16)11-14-10-23-24-21(14)17-8-7-15(26-2)9-18(17)22/h3-10,16H,11-13H2,1-2H3,(H,23,24)/t16-/m1/s1.